The van der Waals surface area contributed by atoms with E-state index in [1.165, 1.54) is 11.8 Å². The van der Waals surface area contributed by atoms with Gasteiger partial charge >= 0.3 is 5.97 Å². The average Bonchev–Trinajstić information content (AvgIpc) is 3.05. The second-order valence-corrected chi connectivity index (χ2v) is 6.71. The van der Waals surface area contributed by atoms with Crippen LogP contribution in [0.25, 0.3) is 0 Å². The van der Waals surface area contributed by atoms with Crippen molar-refractivity contribution >= 4 is 40.7 Å². The highest BCUT2D eigenvalue weighted by Crippen LogP contribution is 2.23. The minimum Gasteiger partial charge on any atom is -0.462 e. The summed E-state index contributed by atoms with van der Waals surface area (Å²) >= 11 is 3.12. The first kappa shape index (κ1) is 16.6. The number of anilines is 1. The SMILES string of the molecule is CCCOC(=O)c1ccc(NC(=O)CSc2cccs2)cc1. The third kappa shape index (κ3) is 5.20. The van der Waals surface area contributed by atoms with Gasteiger partial charge in [-0.2, -0.15) is 0 Å². The normalized spacial score (nSPS) is 10.2. The molecule has 0 aliphatic heterocycles. The number of carbonyl (C=O) groups is 2. The number of thiophene rings is 1. The van der Waals surface area contributed by atoms with Gasteiger partial charge in [-0.3, -0.25) is 4.79 Å². The molecular formula is C16H17NO3S2. The van der Waals surface area contributed by atoms with E-state index in [1.807, 2.05) is 24.4 Å². The van der Waals surface area contributed by atoms with Crippen LogP contribution < -0.4 is 5.32 Å². The molecule has 0 aliphatic carbocycles. The molecule has 1 amide bonds. The van der Waals surface area contributed by atoms with Gasteiger partial charge in [-0.15, -0.1) is 23.1 Å². The first-order valence-electron chi connectivity index (χ1n) is 6.92. The molecule has 4 nitrogen and oxygen atoms in total. The van der Waals surface area contributed by atoms with Crippen LogP contribution in [0.2, 0.25) is 0 Å². The quantitative estimate of drug-likeness (QED) is 0.613. The van der Waals surface area contributed by atoms with Gasteiger partial charge in [0.25, 0.3) is 0 Å². The Labute approximate surface area is 137 Å². The fourth-order valence-electron chi connectivity index (χ4n) is 1.65. The lowest BCUT2D eigenvalue weighted by Gasteiger charge is -2.06. The van der Waals surface area contributed by atoms with Gasteiger partial charge in [-0.1, -0.05) is 13.0 Å². The second-order valence-electron chi connectivity index (χ2n) is 4.48. The smallest absolute Gasteiger partial charge is 0.338 e. The topological polar surface area (TPSA) is 55.4 Å². The Balaban J connectivity index is 1.82. The fraction of sp³-hybridized carbons (Fsp3) is 0.250. The maximum absolute atomic E-state index is 11.8. The molecule has 1 aromatic heterocycles. The Hall–Kier alpha value is -1.79. The van der Waals surface area contributed by atoms with Gasteiger partial charge in [0, 0.05) is 5.69 Å². The molecule has 0 spiro atoms. The lowest BCUT2D eigenvalue weighted by molar-refractivity contribution is -0.113. The van der Waals surface area contributed by atoms with E-state index in [4.69, 9.17) is 4.74 Å². The van der Waals surface area contributed by atoms with Crippen molar-refractivity contribution in [3.63, 3.8) is 0 Å². The third-order valence-electron chi connectivity index (χ3n) is 2.68. The molecule has 1 heterocycles. The van der Waals surface area contributed by atoms with Crippen molar-refractivity contribution < 1.29 is 14.3 Å². The zero-order valence-electron chi connectivity index (χ0n) is 12.2. The van der Waals surface area contributed by atoms with Crippen LogP contribution in [0.4, 0.5) is 5.69 Å². The van der Waals surface area contributed by atoms with E-state index in [9.17, 15) is 9.59 Å². The number of carbonyl (C=O) groups excluding carboxylic acids is 2. The number of amides is 1. The van der Waals surface area contributed by atoms with Crippen molar-refractivity contribution in [3.8, 4) is 0 Å². The van der Waals surface area contributed by atoms with Crippen molar-refractivity contribution in [2.24, 2.45) is 0 Å². The molecule has 0 bridgehead atoms. The molecule has 2 aromatic rings. The minimum absolute atomic E-state index is 0.0697. The van der Waals surface area contributed by atoms with Crippen molar-refractivity contribution in [2.45, 2.75) is 17.6 Å². The van der Waals surface area contributed by atoms with Gasteiger partial charge < -0.3 is 10.1 Å². The van der Waals surface area contributed by atoms with Crippen LogP contribution in [0.3, 0.4) is 0 Å². The monoisotopic (exact) mass is 335 g/mol. The van der Waals surface area contributed by atoms with E-state index in [1.54, 1.807) is 35.6 Å². The highest BCUT2D eigenvalue weighted by Gasteiger charge is 2.08. The molecule has 0 aliphatic rings. The van der Waals surface area contributed by atoms with Gasteiger partial charge in [0.05, 0.1) is 22.1 Å². The first-order chi connectivity index (χ1) is 10.7. The molecule has 2 rings (SSSR count). The molecule has 0 atom stereocenters. The molecule has 0 fully saturated rings. The molecule has 116 valence electrons. The standard InChI is InChI=1S/C16H17NO3S2/c1-2-9-20-16(19)12-5-7-13(8-6-12)17-14(18)11-22-15-4-3-10-21-15/h3-8,10H,2,9,11H2,1H3,(H,17,18). The molecule has 0 radical (unpaired) electrons. The van der Waals surface area contributed by atoms with Gasteiger partial charge in [0.2, 0.25) is 5.91 Å². The Kier molecular flexibility index (Phi) is 6.48. The molecule has 6 heteroatoms. The number of rotatable bonds is 7. The largest absolute Gasteiger partial charge is 0.462 e. The molecule has 1 aromatic carbocycles. The summed E-state index contributed by atoms with van der Waals surface area (Å²) in [5, 5.41) is 4.79. The van der Waals surface area contributed by atoms with E-state index >= 15 is 0 Å². The summed E-state index contributed by atoms with van der Waals surface area (Å²) in [7, 11) is 0. The highest BCUT2D eigenvalue weighted by atomic mass is 32.2. The van der Waals surface area contributed by atoms with E-state index in [-0.39, 0.29) is 11.9 Å². The zero-order valence-corrected chi connectivity index (χ0v) is 13.8. The van der Waals surface area contributed by atoms with Crippen LogP contribution in [-0.4, -0.2) is 24.2 Å². The summed E-state index contributed by atoms with van der Waals surface area (Å²) in [4.78, 5) is 23.5. The van der Waals surface area contributed by atoms with Gasteiger partial charge in [0.15, 0.2) is 0 Å². The average molecular weight is 335 g/mol. The minimum atomic E-state index is -0.340. The zero-order chi connectivity index (χ0) is 15.8. The predicted octanol–water partition coefficient (Wildman–Crippen LogP) is 4.05. The third-order valence-corrected chi connectivity index (χ3v) is 4.81. The molecule has 0 saturated heterocycles. The number of nitrogens with one attached hydrogen (secondary N) is 1. The molecule has 0 saturated carbocycles. The van der Waals surface area contributed by atoms with E-state index in [0.29, 0.717) is 23.6 Å². The van der Waals surface area contributed by atoms with Gasteiger partial charge in [-0.25, -0.2) is 4.79 Å². The van der Waals surface area contributed by atoms with Crippen LogP contribution >= 0.6 is 23.1 Å². The Morgan fingerprint density at radius 1 is 1.23 bits per heavy atom. The maximum atomic E-state index is 11.8. The van der Waals surface area contributed by atoms with Crippen molar-refractivity contribution in [3.05, 3.63) is 47.3 Å². The van der Waals surface area contributed by atoms with Crippen LogP contribution in [0.1, 0.15) is 23.7 Å². The number of esters is 1. The number of ether oxygens (including phenoxy) is 1. The lowest BCUT2D eigenvalue weighted by Crippen LogP contribution is -2.14. The Bertz CT molecular complexity index is 609. The van der Waals surface area contributed by atoms with Crippen LogP contribution in [0.15, 0.2) is 46.0 Å². The molecular weight excluding hydrogens is 318 g/mol. The predicted molar refractivity (Wildman–Crippen MR) is 90.7 cm³/mol. The van der Waals surface area contributed by atoms with Crippen molar-refractivity contribution in [2.75, 3.05) is 17.7 Å². The molecule has 1 N–H and O–H groups in total. The van der Waals surface area contributed by atoms with Gasteiger partial charge in [0.1, 0.15) is 0 Å². The summed E-state index contributed by atoms with van der Waals surface area (Å²) in [5.74, 6) is -0.0476. The van der Waals surface area contributed by atoms with Crippen LogP contribution in [0, 0.1) is 0 Å². The number of hydrogen-bond donors (Lipinski definition) is 1. The fourth-order valence-corrected chi connectivity index (χ4v) is 3.23. The molecule has 22 heavy (non-hydrogen) atoms. The Morgan fingerprint density at radius 2 is 2.00 bits per heavy atom. The number of hydrogen-bond acceptors (Lipinski definition) is 5. The molecule has 0 unspecified atom stereocenters. The Morgan fingerprint density at radius 3 is 2.64 bits per heavy atom. The van der Waals surface area contributed by atoms with Crippen LogP contribution in [-0.2, 0) is 9.53 Å². The summed E-state index contributed by atoms with van der Waals surface area (Å²) in [6, 6.07) is 10.7. The second kappa shape index (κ2) is 8.60. The van der Waals surface area contributed by atoms with E-state index in [2.05, 4.69) is 5.32 Å². The number of benzene rings is 1. The number of thioether (sulfide) groups is 1. The van der Waals surface area contributed by atoms with Crippen LogP contribution in [0.5, 0.6) is 0 Å². The highest BCUT2D eigenvalue weighted by molar-refractivity contribution is 8.01. The van der Waals surface area contributed by atoms with Gasteiger partial charge in [-0.05, 0) is 42.1 Å². The summed E-state index contributed by atoms with van der Waals surface area (Å²) in [6.07, 6.45) is 0.793. The first-order valence-corrected chi connectivity index (χ1v) is 8.79. The summed E-state index contributed by atoms with van der Waals surface area (Å²) in [5.41, 5.74) is 1.16. The maximum Gasteiger partial charge on any atom is 0.338 e. The summed E-state index contributed by atoms with van der Waals surface area (Å²) < 4.78 is 6.16. The van der Waals surface area contributed by atoms with Crippen molar-refractivity contribution in [1.82, 2.24) is 0 Å². The van der Waals surface area contributed by atoms with E-state index < -0.39 is 0 Å². The van der Waals surface area contributed by atoms with Crippen molar-refractivity contribution in [1.29, 1.82) is 0 Å². The lowest BCUT2D eigenvalue weighted by atomic mass is 10.2. The summed E-state index contributed by atoms with van der Waals surface area (Å²) in [6.45, 7) is 2.36. The van der Waals surface area contributed by atoms with E-state index in [0.717, 1.165) is 10.6 Å².